The molecule has 0 spiro atoms. The molecule has 0 aliphatic carbocycles. The molecule has 0 saturated carbocycles. The van der Waals surface area contributed by atoms with Gasteiger partial charge in [-0.05, 0) is 33.3 Å². The Morgan fingerprint density at radius 3 is 2.78 bits per heavy atom. The summed E-state index contributed by atoms with van der Waals surface area (Å²) in [5, 5.41) is 10.9. The lowest BCUT2D eigenvalue weighted by Crippen LogP contribution is -2.36. The second-order valence-corrected chi connectivity index (χ2v) is 8.95. The van der Waals surface area contributed by atoms with E-state index in [4.69, 9.17) is 4.74 Å². The molecule has 2 aromatic rings. The van der Waals surface area contributed by atoms with Crippen LogP contribution in [0.15, 0.2) is 29.4 Å². The Balaban J connectivity index is 1.73. The van der Waals surface area contributed by atoms with Crippen molar-refractivity contribution in [3.63, 3.8) is 0 Å². The molecule has 1 aromatic carbocycles. The SMILES string of the molecule is CC(C)(C)OC(=O)N1CC[C@H]([S@@](=O)c2cnc3cc([N+](=O)[O-])ccc3n2)C1. The van der Waals surface area contributed by atoms with Crippen molar-refractivity contribution in [1.82, 2.24) is 14.9 Å². The summed E-state index contributed by atoms with van der Waals surface area (Å²) < 4.78 is 18.2. The number of non-ortho nitro benzene ring substituents is 1. The van der Waals surface area contributed by atoms with Crippen LogP contribution in [0.1, 0.15) is 27.2 Å². The van der Waals surface area contributed by atoms with E-state index in [-0.39, 0.29) is 10.9 Å². The third-order valence-corrected chi connectivity index (χ3v) is 5.62. The monoisotopic (exact) mass is 392 g/mol. The van der Waals surface area contributed by atoms with E-state index >= 15 is 0 Å². The number of fused-ring (bicyclic) bond motifs is 1. The first-order chi connectivity index (χ1) is 12.6. The predicted molar refractivity (Wildman–Crippen MR) is 98.8 cm³/mol. The minimum absolute atomic E-state index is 0.0746. The van der Waals surface area contributed by atoms with Crippen molar-refractivity contribution >= 4 is 33.6 Å². The van der Waals surface area contributed by atoms with Crippen LogP contribution in [0, 0.1) is 10.1 Å². The van der Waals surface area contributed by atoms with Crippen LogP contribution in [-0.4, -0.2) is 54.0 Å². The van der Waals surface area contributed by atoms with E-state index in [1.54, 1.807) is 25.7 Å². The van der Waals surface area contributed by atoms with E-state index < -0.39 is 27.4 Å². The zero-order chi connectivity index (χ0) is 19.8. The van der Waals surface area contributed by atoms with Crippen molar-refractivity contribution in [2.24, 2.45) is 0 Å². The zero-order valence-corrected chi connectivity index (χ0v) is 16.1. The standard InChI is InChI=1S/C17H20N4O5S/c1-17(2,3)26-16(22)20-7-6-12(10-20)27(25)15-9-18-14-8-11(21(23)24)4-5-13(14)19-15/h4-5,8-9,12H,6-7,10H2,1-3H3/t12-,27+/m0/s1. The maximum Gasteiger partial charge on any atom is 0.410 e. The fourth-order valence-corrected chi connectivity index (χ4v) is 4.08. The summed E-state index contributed by atoms with van der Waals surface area (Å²) in [5.74, 6) is 0. The van der Waals surface area contributed by atoms with E-state index in [0.717, 1.165) is 0 Å². The molecular formula is C17H20N4O5S. The lowest BCUT2D eigenvalue weighted by molar-refractivity contribution is -0.384. The van der Waals surface area contributed by atoms with Crippen LogP contribution in [0.5, 0.6) is 0 Å². The first kappa shape index (κ1) is 19.2. The Morgan fingerprint density at radius 2 is 2.11 bits per heavy atom. The van der Waals surface area contributed by atoms with Crippen molar-refractivity contribution in [2.75, 3.05) is 13.1 Å². The minimum Gasteiger partial charge on any atom is -0.444 e. The summed E-state index contributed by atoms with van der Waals surface area (Å²) in [4.78, 5) is 32.5. The average molecular weight is 392 g/mol. The van der Waals surface area contributed by atoms with Gasteiger partial charge in [0.2, 0.25) is 0 Å². The number of carbonyl (C=O) groups is 1. The molecule has 1 fully saturated rings. The highest BCUT2D eigenvalue weighted by atomic mass is 32.2. The molecule has 0 radical (unpaired) electrons. The van der Waals surface area contributed by atoms with Gasteiger partial charge in [-0.15, -0.1) is 0 Å². The molecule has 0 bridgehead atoms. The zero-order valence-electron chi connectivity index (χ0n) is 15.2. The largest absolute Gasteiger partial charge is 0.444 e. The Labute approximate surface area is 158 Å². The number of ether oxygens (including phenoxy) is 1. The summed E-state index contributed by atoms with van der Waals surface area (Å²) in [6.07, 6.45) is 1.53. The summed E-state index contributed by atoms with van der Waals surface area (Å²) >= 11 is 0. The molecule has 3 rings (SSSR count). The van der Waals surface area contributed by atoms with Crippen molar-refractivity contribution in [1.29, 1.82) is 0 Å². The fourth-order valence-electron chi connectivity index (χ4n) is 2.76. The molecule has 0 unspecified atom stereocenters. The lowest BCUT2D eigenvalue weighted by atomic mass is 10.2. The molecule has 1 aliphatic rings. The van der Waals surface area contributed by atoms with Gasteiger partial charge in [-0.25, -0.2) is 9.78 Å². The Hall–Kier alpha value is -2.62. The van der Waals surface area contributed by atoms with Gasteiger partial charge >= 0.3 is 6.09 Å². The van der Waals surface area contributed by atoms with E-state index in [1.165, 1.54) is 24.4 Å². The third kappa shape index (κ3) is 4.38. The van der Waals surface area contributed by atoms with Crippen molar-refractivity contribution < 1.29 is 18.7 Å². The molecule has 27 heavy (non-hydrogen) atoms. The molecule has 10 heteroatoms. The smallest absolute Gasteiger partial charge is 0.410 e. The molecule has 144 valence electrons. The topological polar surface area (TPSA) is 116 Å². The maximum atomic E-state index is 12.8. The van der Waals surface area contributed by atoms with Crippen LogP contribution in [0.4, 0.5) is 10.5 Å². The summed E-state index contributed by atoms with van der Waals surface area (Å²) in [5.41, 5.74) is 0.149. The predicted octanol–water partition coefficient (Wildman–Crippen LogP) is 2.66. The molecule has 1 aromatic heterocycles. The molecule has 2 atom stereocenters. The highest BCUT2D eigenvalue weighted by Crippen LogP contribution is 2.23. The van der Waals surface area contributed by atoms with Gasteiger partial charge < -0.3 is 9.64 Å². The van der Waals surface area contributed by atoms with Crippen LogP contribution < -0.4 is 0 Å². The van der Waals surface area contributed by atoms with E-state index in [9.17, 15) is 19.1 Å². The van der Waals surface area contributed by atoms with E-state index in [2.05, 4.69) is 9.97 Å². The lowest BCUT2D eigenvalue weighted by Gasteiger charge is -2.24. The Morgan fingerprint density at radius 1 is 1.37 bits per heavy atom. The second kappa shape index (κ2) is 7.18. The molecule has 1 aliphatic heterocycles. The number of hydrogen-bond donors (Lipinski definition) is 0. The number of rotatable bonds is 3. The van der Waals surface area contributed by atoms with Gasteiger partial charge in [0.05, 0.1) is 38.2 Å². The highest BCUT2D eigenvalue weighted by Gasteiger charge is 2.33. The van der Waals surface area contributed by atoms with Gasteiger partial charge in [0.1, 0.15) is 10.6 Å². The van der Waals surface area contributed by atoms with E-state index in [1.807, 2.05) is 0 Å². The Kier molecular flexibility index (Phi) is 5.09. The number of likely N-dealkylation sites (tertiary alicyclic amines) is 1. The minimum atomic E-state index is -1.45. The number of amides is 1. The van der Waals surface area contributed by atoms with Gasteiger partial charge in [-0.1, -0.05) is 0 Å². The number of hydrogen-bond acceptors (Lipinski definition) is 7. The molecule has 1 amide bonds. The molecule has 1 saturated heterocycles. The van der Waals surface area contributed by atoms with Gasteiger partial charge in [0, 0.05) is 25.2 Å². The van der Waals surface area contributed by atoms with Gasteiger partial charge in [0.25, 0.3) is 5.69 Å². The first-order valence-corrected chi connectivity index (χ1v) is 9.65. The second-order valence-electron chi connectivity index (χ2n) is 7.27. The fraction of sp³-hybridized carbons (Fsp3) is 0.471. The van der Waals surface area contributed by atoms with Crippen LogP contribution >= 0.6 is 0 Å². The normalized spacial score (nSPS) is 18.5. The molecule has 0 N–H and O–H groups in total. The van der Waals surface area contributed by atoms with Gasteiger partial charge in [0.15, 0.2) is 0 Å². The van der Waals surface area contributed by atoms with Crippen molar-refractivity contribution in [2.45, 2.75) is 43.1 Å². The number of nitro benzene ring substituents is 1. The van der Waals surface area contributed by atoms with Crippen molar-refractivity contribution in [3.05, 3.63) is 34.5 Å². The van der Waals surface area contributed by atoms with Crippen LogP contribution in [0.2, 0.25) is 0 Å². The van der Waals surface area contributed by atoms with Crippen LogP contribution in [-0.2, 0) is 15.5 Å². The first-order valence-electron chi connectivity index (χ1n) is 8.44. The number of benzene rings is 1. The van der Waals surface area contributed by atoms with E-state index in [0.29, 0.717) is 35.6 Å². The maximum absolute atomic E-state index is 12.8. The average Bonchev–Trinajstić information content (AvgIpc) is 3.09. The highest BCUT2D eigenvalue weighted by molar-refractivity contribution is 7.85. The summed E-state index contributed by atoms with van der Waals surface area (Å²) in [6, 6.07) is 4.15. The number of nitrogens with zero attached hydrogens (tertiary/aromatic N) is 4. The van der Waals surface area contributed by atoms with Crippen LogP contribution in [0.25, 0.3) is 11.0 Å². The van der Waals surface area contributed by atoms with Gasteiger partial charge in [-0.3, -0.25) is 19.3 Å². The number of carbonyl (C=O) groups excluding carboxylic acids is 1. The Bertz CT molecular complexity index is 927. The summed E-state index contributed by atoms with van der Waals surface area (Å²) in [7, 11) is -1.45. The van der Waals surface area contributed by atoms with Gasteiger partial charge in [-0.2, -0.15) is 0 Å². The third-order valence-electron chi connectivity index (χ3n) is 4.02. The van der Waals surface area contributed by atoms with Crippen molar-refractivity contribution in [3.8, 4) is 0 Å². The summed E-state index contributed by atoms with van der Waals surface area (Å²) in [6.45, 7) is 6.18. The number of nitro groups is 1. The number of aromatic nitrogens is 2. The van der Waals surface area contributed by atoms with Crippen LogP contribution in [0.3, 0.4) is 0 Å². The molecule has 9 nitrogen and oxygen atoms in total. The molecular weight excluding hydrogens is 372 g/mol. The molecule has 2 heterocycles. The quantitative estimate of drug-likeness (QED) is 0.582.